The Morgan fingerprint density at radius 1 is 1.03 bits per heavy atom. The number of amides is 2. The summed E-state index contributed by atoms with van der Waals surface area (Å²) in [4.78, 5) is 24.7. The third-order valence-electron chi connectivity index (χ3n) is 4.83. The van der Waals surface area contributed by atoms with Crippen molar-refractivity contribution in [3.63, 3.8) is 0 Å². The van der Waals surface area contributed by atoms with Crippen LogP contribution in [0, 0.1) is 20.8 Å². The fourth-order valence-electron chi connectivity index (χ4n) is 3.16. The van der Waals surface area contributed by atoms with Gasteiger partial charge in [-0.2, -0.15) is 18.3 Å². The molecule has 1 aromatic heterocycles. The molecule has 3 rings (SSSR count). The molecule has 0 atom stereocenters. The highest BCUT2D eigenvalue weighted by Crippen LogP contribution is 2.30. The van der Waals surface area contributed by atoms with E-state index in [1.54, 1.807) is 6.92 Å². The molecule has 0 radical (unpaired) electrons. The fourth-order valence-corrected chi connectivity index (χ4v) is 3.16. The average Bonchev–Trinajstić information content (AvgIpc) is 3.10. The number of anilines is 1. The van der Waals surface area contributed by atoms with Crippen LogP contribution in [0.1, 0.15) is 32.7 Å². The molecule has 0 unspecified atom stereocenters. The van der Waals surface area contributed by atoms with Gasteiger partial charge in [0.25, 0.3) is 5.91 Å². The van der Waals surface area contributed by atoms with E-state index in [9.17, 15) is 22.8 Å². The van der Waals surface area contributed by atoms with E-state index in [0.717, 1.165) is 23.3 Å². The lowest BCUT2D eigenvalue weighted by molar-refractivity contribution is -0.137. The van der Waals surface area contributed by atoms with Crippen molar-refractivity contribution in [2.45, 2.75) is 26.9 Å². The minimum Gasteiger partial charge on any atom is -0.343 e. The van der Waals surface area contributed by atoms with E-state index in [1.807, 2.05) is 32.0 Å². The Morgan fingerprint density at radius 3 is 2.32 bits per heavy atom. The lowest BCUT2D eigenvalue weighted by Gasteiger charge is -2.12. The highest BCUT2D eigenvalue weighted by molar-refractivity contribution is 6.00. The second kappa shape index (κ2) is 8.63. The molecule has 0 aliphatic heterocycles. The number of para-hydroxylation sites is 1. The lowest BCUT2D eigenvalue weighted by Crippen LogP contribution is -2.33. The summed E-state index contributed by atoms with van der Waals surface area (Å²) in [5.41, 5.74) is 2.38. The molecule has 31 heavy (non-hydrogen) atoms. The monoisotopic (exact) mass is 430 g/mol. The van der Waals surface area contributed by atoms with Crippen molar-refractivity contribution < 1.29 is 22.8 Å². The van der Waals surface area contributed by atoms with Gasteiger partial charge in [-0.25, -0.2) is 4.68 Å². The SMILES string of the molecule is Cc1cccc(C)c1NC(=O)CNC(=O)c1cnn(-c2cccc(C(F)(F)F)c2)c1C. The van der Waals surface area contributed by atoms with Crippen LogP contribution in [0.25, 0.3) is 5.69 Å². The standard InChI is InChI=1S/C22H21F3N4O2/c1-13-6-4-7-14(2)20(13)28-19(30)12-26-21(31)18-11-27-29(15(18)3)17-9-5-8-16(10-17)22(23,24)25/h4-11H,12H2,1-3H3,(H,26,31)(H,28,30). The second-order valence-corrected chi connectivity index (χ2v) is 7.10. The van der Waals surface area contributed by atoms with Gasteiger partial charge in [0.05, 0.1) is 35.2 Å². The molecule has 0 aliphatic carbocycles. The zero-order valence-electron chi connectivity index (χ0n) is 17.2. The molecule has 2 N–H and O–H groups in total. The Hall–Kier alpha value is -3.62. The van der Waals surface area contributed by atoms with E-state index >= 15 is 0 Å². The second-order valence-electron chi connectivity index (χ2n) is 7.10. The Kier molecular flexibility index (Phi) is 6.14. The number of carbonyl (C=O) groups excluding carboxylic acids is 2. The van der Waals surface area contributed by atoms with Gasteiger partial charge in [-0.05, 0) is 50.1 Å². The Balaban J connectivity index is 1.70. The number of alkyl halides is 3. The molecule has 0 bridgehead atoms. The van der Waals surface area contributed by atoms with Crippen LogP contribution in [0.2, 0.25) is 0 Å². The third kappa shape index (κ3) is 4.93. The van der Waals surface area contributed by atoms with E-state index in [0.29, 0.717) is 11.4 Å². The summed E-state index contributed by atoms with van der Waals surface area (Å²) in [5, 5.41) is 9.32. The lowest BCUT2D eigenvalue weighted by atomic mass is 10.1. The van der Waals surface area contributed by atoms with E-state index < -0.39 is 23.6 Å². The van der Waals surface area contributed by atoms with Crippen molar-refractivity contribution in [2.75, 3.05) is 11.9 Å². The fraction of sp³-hybridized carbons (Fsp3) is 0.227. The molecule has 0 saturated carbocycles. The van der Waals surface area contributed by atoms with Crippen LogP contribution in [0.3, 0.4) is 0 Å². The highest BCUT2D eigenvalue weighted by atomic mass is 19.4. The van der Waals surface area contributed by atoms with Gasteiger partial charge >= 0.3 is 6.18 Å². The number of nitrogens with one attached hydrogen (secondary N) is 2. The topological polar surface area (TPSA) is 76.0 Å². The smallest absolute Gasteiger partial charge is 0.343 e. The first-order valence-corrected chi connectivity index (χ1v) is 9.44. The molecule has 6 nitrogen and oxygen atoms in total. The van der Waals surface area contributed by atoms with Crippen molar-refractivity contribution in [1.82, 2.24) is 15.1 Å². The van der Waals surface area contributed by atoms with E-state index in [-0.39, 0.29) is 17.8 Å². The largest absolute Gasteiger partial charge is 0.416 e. The highest BCUT2D eigenvalue weighted by Gasteiger charge is 2.30. The predicted molar refractivity (Wildman–Crippen MR) is 110 cm³/mol. The third-order valence-corrected chi connectivity index (χ3v) is 4.83. The first-order valence-electron chi connectivity index (χ1n) is 9.44. The summed E-state index contributed by atoms with van der Waals surface area (Å²) in [6.45, 7) is 5.04. The van der Waals surface area contributed by atoms with Gasteiger partial charge in [0, 0.05) is 5.69 Å². The summed E-state index contributed by atoms with van der Waals surface area (Å²) >= 11 is 0. The van der Waals surface area contributed by atoms with Crippen LogP contribution in [0.15, 0.2) is 48.7 Å². The maximum Gasteiger partial charge on any atom is 0.416 e. The minimum absolute atomic E-state index is 0.164. The molecule has 3 aromatic rings. The van der Waals surface area contributed by atoms with Gasteiger partial charge in [-0.3, -0.25) is 9.59 Å². The van der Waals surface area contributed by atoms with Crippen LogP contribution >= 0.6 is 0 Å². The Bertz CT molecular complexity index is 1120. The maximum absolute atomic E-state index is 13.0. The molecule has 162 valence electrons. The van der Waals surface area contributed by atoms with Crippen molar-refractivity contribution in [3.8, 4) is 5.69 Å². The summed E-state index contributed by atoms with van der Waals surface area (Å²) in [5.74, 6) is -0.943. The maximum atomic E-state index is 13.0. The first kappa shape index (κ1) is 22.1. The molecular weight excluding hydrogens is 409 g/mol. The number of aromatic nitrogens is 2. The van der Waals surface area contributed by atoms with Crippen LogP contribution in [-0.4, -0.2) is 28.1 Å². The molecule has 0 saturated heterocycles. The van der Waals surface area contributed by atoms with Gasteiger partial charge in [0.2, 0.25) is 5.91 Å². The number of carbonyl (C=O) groups is 2. The van der Waals surface area contributed by atoms with Gasteiger partial charge in [0.15, 0.2) is 0 Å². The summed E-state index contributed by atoms with van der Waals surface area (Å²) in [6, 6.07) is 10.3. The summed E-state index contributed by atoms with van der Waals surface area (Å²) in [6.07, 6.45) is -3.23. The number of hydrogen-bond donors (Lipinski definition) is 2. The Labute approximate surface area is 177 Å². The van der Waals surface area contributed by atoms with Crippen molar-refractivity contribution >= 4 is 17.5 Å². The number of hydrogen-bond acceptors (Lipinski definition) is 3. The van der Waals surface area contributed by atoms with Crippen molar-refractivity contribution in [3.05, 3.63) is 76.6 Å². The molecule has 0 fully saturated rings. The minimum atomic E-state index is -4.49. The Morgan fingerprint density at radius 2 is 1.68 bits per heavy atom. The number of benzene rings is 2. The molecule has 2 amide bonds. The van der Waals surface area contributed by atoms with Gasteiger partial charge in [0.1, 0.15) is 0 Å². The number of nitrogens with zero attached hydrogens (tertiary/aromatic N) is 2. The predicted octanol–water partition coefficient (Wildman–Crippen LogP) is 4.18. The molecule has 9 heteroatoms. The normalized spacial score (nSPS) is 11.3. The van der Waals surface area contributed by atoms with Crippen molar-refractivity contribution in [2.24, 2.45) is 0 Å². The number of rotatable bonds is 5. The zero-order valence-corrected chi connectivity index (χ0v) is 17.2. The number of halogens is 3. The van der Waals surface area contributed by atoms with Crippen LogP contribution < -0.4 is 10.6 Å². The van der Waals surface area contributed by atoms with E-state index in [4.69, 9.17) is 0 Å². The molecule has 0 aliphatic rings. The summed E-state index contributed by atoms with van der Waals surface area (Å²) in [7, 11) is 0. The van der Waals surface area contributed by atoms with Crippen LogP contribution in [0.5, 0.6) is 0 Å². The molecule has 2 aromatic carbocycles. The molecular formula is C22H21F3N4O2. The van der Waals surface area contributed by atoms with E-state index in [2.05, 4.69) is 15.7 Å². The van der Waals surface area contributed by atoms with Crippen molar-refractivity contribution in [1.29, 1.82) is 0 Å². The van der Waals surface area contributed by atoms with Gasteiger partial charge in [-0.1, -0.05) is 24.3 Å². The average molecular weight is 430 g/mol. The molecule has 0 spiro atoms. The van der Waals surface area contributed by atoms with E-state index in [1.165, 1.54) is 23.0 Å². The first-order chi connectivity index (χ1) is 14.6. The van der Waals surface area contributed by atoms with Gasteiger partial charge in [-0.15, -0.1) is 0 Å². The number of aryl methyl sites for hydroxylation is 2. The van der Waals surface area contributed by atoms with Gasteiger partial charge < -0.3 is 10.6 Å². The van der Waals surface area contributed by atoms with Crippen LogP contribution in [-0.2, 0) is 11.0 Å². The van der Waals surface area contributed by atoms with Crippen LogP contribution in [0.4, 0.5) is 18.9 Å². The zero-order chi connectivity index (χ0) is 22.8. The summed E-state index contributed by atoms with van der Waals surface area (Å²) < 4.78 is 40.2. The quantitative estimate of drug-likeness (QED) is 0.638. The molecule has 1 heterocycles.